The molecule has 0 bridgehead atoms. The van der Waals surface area contributed by atoms with E-state index in [4.69, 9.17) is 5.11 Å². The Balaban J connectivity index is 3.83. The van der Waals surface area contributed by atoms with Crippen molar-refractivity contribution in [1.82, 2.24) is 10.6 Å². The highest BCUT2D eigenvalue weighted by Crippen LogP contribution is 1.89. The summed E-state index contributed by atoms with van der Waals surface area (Å²) >= 11 is 0. The van der Waals surface area contributed by atoms with Crippen LogP contribution in [0.25, 0.3) is 0 Å². The molecule has 0 aliphatic rings. The normalized spacial score (nSPS) is 11.8. The van der Waals surface area contributed by atoms with Crippen LogP contribution in [0.5, 0.6) is 0 Å². The molecule has 0 radical (unpaired) electrons. The molecule has 1 atom stereocenters. The fraction of sp³-hybridized carbons (Fsp3) is 0.500. The van der Waals surface area contributed by atoms with Gasteiger partial charge in [-0.3, -0.25) is 4.79 Å². The summed E-state index contributed by atoms with van der Waals surface area (Å²) in [5.41, 5.74) is 0.0377. The van der Waals surface area contributed by atoms with Gasteiger partial charge in [-0.05, 0) is 6.92 Å². The Kier molecular flexibility index (Phi) is 4.76. The Morgan fingerprint density at radius 3 is 2.46 bits per heavy atom. The van der Waals surface area contributed by atoms with E-state index in [-0.39, 0.29) is 18.0 Å². The lowest BCUT2D eigenvalue weighted by Gasteiger charge is -2.11. The van der Waals surface area contributed by atoms with Crippen molar-refractivity contribution < 1.29 is 14.7 Å². The molecular weight excluding hydrogens is 172 g/mol. The maximum atomic E-state index is 10.9. The molecule has 13 heavy (non-hydrogen) atoms. The summed E-state index contributed by atoms with van der Waals surface area (Å²) in [6.45, 7) is 5.07. The summed E-state index contributed by atoms with van der Waals surface area (Å²) in [5.74, 6) is -1.24. The third-order valence-corrected chi connectivity index (χ3v) is 1.56. The molecule has 0 saturated heterocycles. The van der Waals surface area contributed by atoms with Crippen LogP contribution in [-0.2, 0) is 9.59 Å². The van der Waals surface area contributed by atoms with Gasteiger partial charge in [-0.25, -0.2) is 4.79 Å². The molecule has 1 unspecified atom stereocenters. The molecule has 0 aliphatic heterocycles. The fourth-order valence-corrected chi connectivity index (χ4v) is 0.661. The van der Waals surface area contributed by atoms with E-state index in [0.717, 1.165) is 0 Å². The number of carboxylic acids is 1. The van der Waals surface area contributed by atoms with E-state index in [1.54, 1.807) is 6.92 Å². The number of hydrogen-bond donors (Lipinski definition) is 3. The highest BCUT2D eigenvalue weighted by molar-refractivity contribution is 5.86. The molecule has 0 rings (SSSR count). The summed E-state index contributed by atoms with van der Waals surface area (Å²) in [5, 5.41) is 13.6. The van der Waals surface area contributed by atoms with Crippen LogP contribution in [0.15, 0.2) is 12.2 Å². The quantitative estimate of drug-likeness (QED) is 0.499. The molecular formula is C8H14N2O3. The van der Waals surface area contributed by atoms with Crippen LogP contribution in [0.3, 0.4) is 0 Å². The molecule has 0 spiro atoms. The van der Waals surface area contributed by atoms with Crippen LogP contribution in [0, 0.1) is 0 Å². The lowest BCUT2D eigenvalue weighted by Crippen LogP contribution is -2.41. The van der Waals surface area contributed by atoms with E-state index in [2.05, 4.69) is 17.2 Å². The van der Waals surface area contributed by atoms with Crippen LogP contribution in [0.1, 0.15) is 6.92 Å². The molecule has 0 aromatic carbocycles. The van der Waals surface area contributed by atoms with Gasteiger partial charge < -0.3 is 15.7 Å². The van der Waals surface area contributed by atoms with E-state index >= 15 is 0 Å². The second-order valence-electron chi connectivity index (χ2n) is 2.63. The van der Waals surface area contributed by atoms with Crippen LogP contribution >= 0.6 is 0 Å². The second-order valence-corrected chi connectivity index (χ2v) is 2.63. The van der Waals surface area contributed by atoms with Crippen molar-refractivity contribution in [3.05, 3.63) is 12.2 Å². The zero-order valence-corrected chi connectivity index (χ0v) is 7.76. The Bertz CT molecular complexity index is 225. The van der Waals surface area contributed by atoms with Crippen molar-refractivity contribution in [3.8, 4) is 0 Å². The fourth-order valence-electron chi connectivity index (χ4n) is 0.661. The molecule has 5 heteroatoms. The number of hydrogen-bond acceptors (Lipinski definition) is 3. The van der Waals surface area contributed by atoms with E-state index in [0.29, 0.717) is 0 Å². The summed E-state index contributed by atoms with van der Waals surface area (Å²) in [4.78, 5) is 21.3. The van der Waals surface area contributed by atoms with Crippen LogP contribution < -0.4 is 10.6 Å². The zero-order valence-electron chi connectivity index (χ0n) is 7.76. The van der Waals surface area contributed by atoms with Crippen LogP contribution in [-0.4, -0.2) is 36.6 Å². The maximum Gasteiger partial charge on any atom is 0.332 e. The number of carbonyl (C=O) groups excluding carboxylic acids is 1. The molecule has 3 N–H and O–H groups in total. The number of carboxylic acid groups (broad SMARTS) is 1. The topological polar surface area (TPSA) is 78.4 Å². The van der Waals surface area contributed by atoms with Gasteiger partial charge in [-0.1, -0.05) is 6.58 Å². The third kappa shape index (κ3) is 4.27. The number of carbonyl (C=O) groups is 2. The van der Waals surface area contributed by atoms with Gasteiger partial charge in [0, 0.05) is 19.2 Å². The van der Waals surface area contributed by atoms with Gasteiger partial charge in [0.05, 0.1) is 6.04 Å². The highest BCUT2D eigenvalue weighted by atomic mass is 16.4. The molecule has 0 aromatic heterocycles. The number of amides is 1. The lowest BCUT2D eigenvalue weighted by atomic mass is 10.2. The maximum absolute atomic E-state index is 10.9. The molecule has 0 saturated carbocycles. The average molecular weight is 186 g/mol. The number of likely N-dealkylation sites (N-methyl/N-ethyl adjacent to an activating group) is 1. The Morgan fingerprint density at radius 2 is 2.08 bits per heavy atom. The van der Waals surface area contributed by atoms with Crippen molar-refractivity contribution in [2.45, 2.75) is 13.0 Å². The summed E-state index contributed by atoms with van der Waals surface area (Å²) in [6.07, 6.45) is 0. The second kappa shape index (κ2) is 5.31. The first-order valence-corrected chi connectivity index (χ1v) is 3.85. The monoisotopic (exact) mass is 186 g/mol. The summed E-state index contributed by atoms with van der Waals surface area (Å²) < 4.78 is 0. The SMILES string of the molecule is C=C(CNC(C)C(=O)NC)C(=O)O. The van der Waals surface area contributed by atoms with Gasteiger partial charge >= 0.3 is 5.97 Å². The van der Waals surface area contributed by atoms with Crippen molar-refractivity contribution in [2.24, 2.45) is 0 Å². The van der Waals surface area contributed by atoms with Crippen molar-refractivity contribution >= 4 is 11.9 Å². The van der Waals surface area contributed by atoms with Crippen molar-refractivity contribution in [2.75, 3.05) is 13.6 Å². The third-order valence-electron chi connectivity index (χ3n) is 1.56. The Hall–Kier alpha value is -1.36. The zero-order chi connectivity index (χ0) is 10.4. The van der Waals surface area contributed by atoms with Gasteiger partial charge in [-0.15, -0.1) is 0 Å². The minimum Gasteiger partial charge on any atom is -0.478 e. The first-order valence-electron chi connectivity index (χ1n) is 3.85. The lowest BCUT2D eigenvalue weighted by molar-refractivity contribution is -0.132. The minimum absolute atomic E-state index is 0.0377. The first-order chi connectivity index (χ1) is 5.99. The predicted octanol–water partition coefficient (Wildman–Crippen LogP) is -0.649. The smallest absolute Gasteiger partial charge is 0.332 e. The largest absolute Gasteiger partial charge is 0.478 e. The van der Waals surface area contributed by atoms with Crippen LogP contribution in [0.4, 0.5) is 0 Å². The van der Waals surface area contributed by atoms with E-state index in [9.17, 15) is 9.59 Å². The Labute approximate surface area is 76.8 Å². The van der Waals surface area contributed by atoms with Gasteiger partial charge in [0.1, 0.15) is 0 Å². The minimum atomic E-state index is -1.06. The number of nitrogens with one attached hydrogen (secondary N) is 2. The molecule has 74 valence electrons. The van der Waals surface area contributed by atoms with Gasteiger partial charge in [0.25, 0.3) is 0 Å². The summed E-state index contributed by atoms with van der Waals surface area (Å²) in [7, 11) is 1.52. The summed E-state index contributed by atoms with van der Waals surface area (Å²) in [6, 6.07) is -0.416. The number of rotatable bonds is 5. The standard InChI is InChI=1S/C8H14N2O3/c1-5(8(12)13)4-10-6(2)7(11)9-3/h6,10H,1,4H2,2-3H3,(H,9,11)(H,12,13). The molecule has 0 aliphatic carbocycles. The van der Waals surface area contributed by atoms with Gasteiger partial charge in [0.15, 0.2) is 0 Å². The highest BCUT2D eigenvalue weighted by Gasteiger charge is 2.11. The molecule has 5 nitrogen and oxygen atoms in total. The molecule has 1 amide bonds. The van der Waals surface area contributed by atoms with E-state index in [1.165, 1.54) is 7.05 Å². The number of aliphatic carboxylic acids is 1. The van der Waals surface area contributed by atoms with Gasteiger partial charge in [-0.2, -0.15) is 0 Å². The van der Waals surface area contributed by atoms with Crippen LogP contribution in [0.2, 0.25) is 0 Å². The van der Waals surface area contributed by atoms with E-state index in [1.807, 2.05) is 0 Å². The first kappa shape index (κ1) is 11.6. The van der Waals surface area contributed by atoms with Crippen molar-refractivity contribution in [3.63, 3.8) is 0 Å². The predicted molar refractivity (Wildman–Crippen MR) is 48.3 cm³/mol. The average Bonchev–Trinajstić information content (AvgIpc) is 2.11. The molecule has 0 fully saturated rings. The Morgan fingerprint density at radius 1 is 1.54 bits per heavy atom. The van der Waals surface area contributed by atoms with Crippen molar-refractivity contribution in [1.29, 1.82) is 0 Å². The van der Waals surface area contributed by atoms with E-state index < -0.39 is 12.0 Å². The van der Waals surface area contributed by atoms with Gasteiger partial charge in [0.2, 0.25) is 5.91 Å². The molecule has 0 aromatic rings. The molecule has 0 heterocycles.